The van der Waals surface area contributed by atoms with Gasteiger partial charge in [0.15, 0.2) is 0 Å². The molecule has 4 rings (SSSR count). The number of hydrogen-bond acceptors (Lipinski definition) is 3. The molecule has 0 aromatic heterocycles. The molecule has 0 amide bonds. The van der Waals surface area contributed by atoms with E-state index in [1.54, 1.807) is 18.2 Å². The minimum atomic E-state index is -0.366. The molecule has 0 saturated heterocycles. The third-order valence-corrected chi connectivity index (χ3v) is 4.01. The van der Waals surface area contributed by atoms with Crippen LogP contribution in [0, 0.1) is 10.1 Å². The Hall–Kier alpha value is -3.40. The summed E-state index contributed by atoms with van der Waals surface area (Å²) in [5.74, 6) is 1.37. The third-order valence-electron chi connectivity index (χ3n) is 4.01. The van der Waals surface area contributed by atoms with Crippen LogP contribution in [0.2, 0.25) is 0 Å². The number of nitro groups is 1. The zero-order valence-corrected chi connectivity index (χ0v) is 12.7. The van der Waals surface area contributed by atoms with Crippen molar-refractivity contribution in [3.8, 4) is 22.6 Å². The summed E-state index contributed by atoms with van der Waals surface area (Å²) in [6.07, 6.45) is 3.96. The van der Waals surface area contributed by atoms with Gasteiger partial charge in [-0.25, -0.2) is 0 Å². The van der Waals surface area contributed by atoms with Crippen LogP contribution in [0.4, 0.5) is 5.69 Å². The average molecular weight is 315 g/mol. The molecule has 0 N–H and O–H groups in total. The van der Waals surface area contributed by atoms with Crippen molar-refractivity contribution < 1.29 is 9.66 Å². The summed E-state index contributed by atoms with van der Waals surface area (Å²) in [6, 6.07) is 20.1. The number of hydrogen-bond donors (Lipinski definition) is 0. The predicted octanol–water partition coefficient (Wildman–Crippen LogP) is 5.54. The standard InChI is InChI=1S/C20H13NO3/c22-21(23)18-10-3-2-8-16(18)17-9-5-7-15-13-12-14-6-1-4-11-19(14)24-20(15)17/h1-13H. The summed E-state index contributed by atoms with van der Waals surface area (Å²) < 4.78 is 6.14. The molecule has 24 heavy (non-hydrogen) atoms. The van der Waals surface area contributed by atoms with E-state index in [9.17, 15) is 10.1 Å². The summed E-state index contributed by atoms with van der Waals surface area (Å²) in [5, 5.41) is 11.4. The maximum atomic E-state index is 11.4. The van der Waals surface area contributed by atoms with E-state index in [-0.39, 0.29) is 10.6 Å². The van der Waals surface area contributed by atoms with Crippen molar-refractivity contribution in [2.24, 2.45) is 0 Å². The van der Waals surface area contributed by atoms with E-state index in [1.165, 1.54) is 6.07 Å². The molecule has 0 aliphatic carbocycles. The van der Waals surface area contributed by atoms with Gasteiger partial charge < -0.3 is 4.74 Å². The number of benzene rings is 3. The first-order valence-electron chi connectivity index (χ1n) is 7.56. The molecule has 116 valence electrons. The van der Waals surface area contributed by atoms with Crippen molar-refractivity contribution in [3.63, 3.8) is 0 Å². The Morgan fingerprint density at radius 3 is 2.29 bits per heavy atom. The Kier molecular flexibility index (Phi) is 3.35. The molecule has 3 aromatic carbocycles. The van der Waals surface area contributed by atoms with Gasteiger partial charge in [0.25, 0.3) is 5.69 Å². The van der Waals surface area contributed by atoms with Crippen LogP contribution in [-0.4, -0.2) is 4.92 Å². The number of rotatable bonds is 2. The van der Waals surface area contributed by atoms with Crippen molar-refractivity contribution in [3.05, 3.63) is 88.0 Å². The lowest BCUT2D eigenvalue weighted by Crippen LogP contribution is -1.95. The molecule has 4 heteroatoms. The molecule has 1 aliphatic heterocycles. The monoisotopic (exact) mass is 315 g/mol. The highest BCUT2D eigenvalue weighted by atomic mass is 16.6. The number of ether oxygens (including phenoxy) is 1. The molecular formula is C20H13NO3. The van der Waals surface area contributed by atoms with Crippen LogP contribution >= 0.6 is 0 Å². The van der Waals surface area contributed by atoms with Crippen LogP contribution in [0.3, 0.4) is 0 Å². The number of para-hydroxylation sites is 3. The van der Waals surface area contributed by atoms with Gasteiger partial charge in [0, 0.05) is 22.8 Å². The van der Waals surface area contributed by atoms with Crippen molar-refractivity contribution in [1.82, 2.24) is 0 Å². The van der Waals surface area contributed by atoms with E-state index >= 15 is 0 Å². The van der Waals surface area contributed by atoms with Crippen LogP contribution in [0.15, 0.2) is 66.7 Å². The first-order valence-corrected chi connectivity index (χ1v) is 7.56. The van der Waals surface area contributed by atoms with E-state index < -0.39 is 0 Å². The number of nitro benzene ring substituents is 1. The fourth-order valence-electron chi connectivity index (χ4n) is 2.87. The van der Waals surface area contributed by atoms with E-state index in [0.717, 1.165) is 16.9 Å². The van der Waals surface area contributed by atoms with Crippen LogP contribution in [0.1, 0.15) is 11.1 Å². The SMILES string of the molecule is O=[N+]([O-])c1ccccc1-c1cccc2c1Oc1ccccc1C=C2. The highest BCUT2D eigenvalue weighted by Crippen LogP contribution is 2.43. The fourth-order valence-corrected chi connectivity index (χ4v) is 2.87. The lowest BCUT2D eigenvalue weighted by Gasteiger charge is -2.14. The van der Waals surface area contributed by atoms with Crippen LogP contribution < -0.4 is 4.74 Å². The summed E-state index contributed by atoms with van der Waals surface area (Å²) in [6.45, 7) is 0. The van der Waals surface area contributed by atoms with Gasteiger partial charge in [-0.2, -0.15) is 0 Å². The van der Waals surface area contributed by atoms with Crippen LogP contribution in [0.5, 0.6) is 11.5 Å². The molecule has 0 bridgehead atoms. The zero-order valence-electron chi connectivity index (χ0n) is 12.7. The summed E-state index contributed by atoms with van der Waals surface area (Å²) in [5.41, 5.74) is 3.19. The van der Waals surface area contributed by atoms with Crippen molar-refractivity contribution >= 4 is 17.8 Å². The topological polar surface area (TPSA) is 52.4 Å². The maximum Gasteiger partial charge on any atom is 0.277 e. The lowest BCUT2D eigenvalue weighted by atomic mass is 9.99. The quantitative estimate of drug-likeness (QED) is 0.360. The van der Waals surface area contributed by atoms with Crippen LogP contribution in [0.25, 0.3) is 23.3 Å². The summed E-state index contributed by atoms with van der Waals surface area (Å²) >= 11 is 0. The molecule has 1 aliphatic rings. The van der Waals surface area contributed by atoms with Gasteiger partial charge in [0.2, 0.25) is 0 Å². The Morgan fingerprint density at radius 2 is 1.42 bits per heavy atom. The van der Waals surface area contributed by atoms with E-state index in [1.807, 2.05) is 54.6 Å². The molecule has 4 nitrogen and oxygen atoms in total. The first-order chi connectivity index (χ1) is 11.7. The van der Waals surface area contributed by atoms with Crippen LogP contribution in [-0.2, 0) is 0 Å². The van der Waals surface area contributed by atoms with E-state index in [2.05, 4.69) is 0 Å². The summed E-state index contributed by atoms with van der Waals surface area (Å²) in [4.78, 5) is 11.0. The lowest BCUT2D eigenvalue weighted by molar-refractivity contribution is -0.384. The highest BCUT2D eigenvalue weighted by Gasteiger charge is 2.21. The largest absolute Gasteiger partial charge is 0.455 e. The minimum Gasteiger partial charge on any atom is -0.455 e. The Balaban J connectivity index is 1.94. The molecule has 3 aromatic rings. The fraction of sp³-hybridized carbons (Fsp3) is 0. The van der Waals surface area contributed by atoms with Gasteiger partial charge in [0.1, 0.15) is 11.5 Å². The Labute approximate surface area is 138 Å². The zero-order chi connectivity index (χ0) is 16.5. The normalized spacial score (nSPS) is 11.8. The van der Waals surface area contributed by atoms with Crippen molar-refractivity contribution in [2.45, 2.75) is 0 Å². The maximum absolute atomic E-state index is 11.4. The second kappa shape index (κ2) is 5.66. The molecule has 0 radical (unpaired) electrons. The molecule has 0 saturated carbocycles. The van der Waals surface area contributed by atoms with Gasteiger partial charge in [-0.05, 0) is 12.1 Å². The van der Waals surface area contributed by atoms with Gasteiger partial charge in [-0.1, -0.05) is 60.7 Å². The van der Waals surface area contributed by atoms with Gasteiger partial charge in [-0.3, -0.25) is 10.1 Å². The highest BCUT2D eigenvalue weighted by molar-refractivity contribution is 5.86. The van der Waals surface area contributed by atoms with Gasteiger partial charge in [-0.15, -0.1) is 0 Å². The molecule has 0 spiro atoms. The number of fused-ring (bicyclic) bond motifs is 2. The van der Waals surface area contributed by atoms with Crippen molar-refractivity contribution in [1.29, 1.82) is 0 Å². The second-order valence-corrected chi connectivity index (χ2v) is 5.47. The summed E-state index contributed by atoms with van der Waals surface area (Å²) in [7, 11) is 0. The van der Waals surface area contributed by atoms with Crippen molar-refractivity contribution in [2.75, 3.05) is 0 Å². The Bertz CT molecular complexity index is 976. The van der Waals surface area contributed by atoms with E-state index in [4.69, 9.17) is 4.74 Å². The average Bonchev–Trinajstić information content (AvgIpc) is 2.80. The minimum absolute atomic E-state index is 0.0658. The Morgan fingerprint density at radius 1 is 0.750 bits per heavy atom. The number of nitrogens with zero attached hydrogens (tertiary/aromatic N) is 1. The third kappa shape index (κ3) is 2.34. The van der Waals surface area contributed by atoms with Gasteiger partial charge in [0.05, 0.1) is 10.5 Å². The predicted molar refractivity (Wildman–Crippen MR) is 94.0 cm³/mol. The second-order valence-electron chi connectivity index (χ2n) is 5.47. The smallest absolute Gasteiger partial charge is 0.277 e. The molecular weight excluding hydrogens is 302 g/mol. The first kappa shape index (κ1) is 14.2. The van der Waals surface area contributed by atoms with E-state index in [0.29, 0.717) is 16.9 Å². The molecule has 0 fully saturated rings. The molecule has 1 heterocycles. The molecule has 0 atom stereocenters. The van der Waals surface area contributed by atoms with Gasteiger partial charge >= 0.3 is 0 Å². The molecule has 0 unspecified atom stereocenters.